The molecule has 0 atom stereocenters. The Bertz CT molecular complexity index is 433. The van der Waals surface area contributed by atoms with Gasteiger partial charge in [0, 0.05) is 4.88 Å². The third kappa shape index (κ3) is 3.98. The van der Waals surface area contributed by atoms with Crippen LogP contribution < -0.4 is 11.3 Å². The van der Waals surface area contributed by atoms with Crippen molar-refractivity contribution in [3.8, 4) is 0 Å². The van der Waals surface area contributed by atoms with E-state index >= 15 is 0 Å². The number of allylic oxidation sites excluding steroid dienone is 2. The lowest BCUT2D eigenvalue weighted by atomic mass is 10.2. The molecule has 0 fully saturated rings. The summed E-state index contributed by atoms with van der Waals surface area (Å²) in [7, 11) is 0. The lowest BCUT2D eigenvalue weighted by Crippen LogP contribution is -2.11. The molecule has 1 aromatic heterocycles. The number of hydrogen-bond donors (Lipinski definition) is 1. The summed E-state index contributed by atoms with van der Waals surface area (Å²) >= 11 is 1.31. The van der Waals surface area contributed by atoms with Crippen molar-refractivity contribution in [2.45, 2.75) is 27.7 Å². The lowest BCUT2D eigenvalue weighted by Gasteiger charge is -1.98. The van der Waals surface area contributed by atoms with Crippen LogP contribution in [0.2, 0.25) is 0 Å². The van der Waals surface area contributed by atoms with Gasteiger partial charge in [-0.1, -0.05) is 43.4 Å². The van der Waals surface area contributed by atoms with Gasteiger partial charge in [0.15, 0.2) is 5.13 Å². The second-order valence-electron chi connectivity index (χ2n) is 2.64. The van der Waals surface area contributed by atoms with Crippen molar-refractivity contribution in [1.29, 1.82) is 0 Å². The van der Waals surface area contributed by atoms with E-state index in [2.05, 4.69) is 4.98 Å². The highest BCUT2D eigenvalue weighted by Crippen LogP contribution is 2.17. The molecule has 16 heavy (non-hydrogen) atoms. The number of nitrogens with two attached hydrogens (primary N) is 1. The van der Waals surface area contributed by atoms with Gasteiger partial charge in [0.2, 0.25) is 0 Å². The third-order valence-electron chi connectivity index (χ3n) is 1.57. The van der Waals surface area contributed by atoms with E-state index < -0.39 is 0 Å². The van der Waals surface area contributed by atoms with Gasteiger partial charge < -0.3 is 5.73 Å². The second-order valence-corrected chi connectivity index (χ2v) is 3.70. The molecule has 0 saturated heterocycles. The first kappa shape index (κ1) is 14.6. The van der Waals surface area contributed by atoms with Crippen LogP contribution in [0.5, 0.6) is 0 Å². The molecule has 0 bridgehead atoms. The van der Waals surface area contributed by atoms with Crippen molar-refractivity contribution in [3.63, 3.8) is 0 Å². The fourth-order valence-corrected chi connectivity index (χ4v) is 1.87. The van der Waals surface area contributed by atoms with E-state index in [0.717, 1.165) is 4.88 Å². The van der Waals surface area contributed by atoms with Gasteiger partial charge in [-0.2, -0.15) is 4.98 Å². The maximum atomic E-state index is 11.5. The van der Waals surface area contributed by atoms with Crippen molar-refractivity contribution < 1.29 is 0 Å². The van der Waals surface area contributed by atoms with Gasteiger partial charge in [0.1, 0.15) is 0 Å². The summed E-state index contributed by atoms with van der Waals surface area (Å²) in [6.07, 6.45) is 7.30. The third-order valence-corrected chi connectivity index (χ3v) is 2.45. The summed E-state index contributed by atoms with van der Waals surface area (Å²) in [6, 6.07) is 0. The number of anilines is 1. The molecule has 2 N–H and O–H groups in total. The molecule has 1 aromatic rings. The SMILES string of the molecule is C/C=C\c1sc(N)nc(=O)c1/C=C\C.CC. The van der Waals surface area contributed by atoms with Crippen LogP contribution in [-0.4, -0.2) is 4.98 Å². The molecule has 0 aromatic carbocycles. The van der Waals surface area contributed by atoms with Crippen molar-refractivity contribution in [3.05, 3.63) is 32.9 Å². The average molecular weight is 238 g/mol. The predicted octanol–water partition coefficient (Wildman–Crippen LogP) is 3.18. The van der Waals surface area contributed by atoms with Gasteiger partial charge >= 0.3 is 0 Å². The molecular weight excluding hydrogens is 220 g/mol. The van der Waals surface area contributed by atoms with Crippen molar-refractivity contribution in [1.82, 2.24) is 4.98 Å². The molecule has 1 rings (SSSR count). The zero-order valence-electron chi connectivity index (χ0n) is 10.2. The van der Waals surface area contributed by atoms with E-state index in [1.165, 1.54) is 11.3 Å². The minimum absolute atomic E-state index is 0.271. The van der Waals surface area contributed by atoms with Gasteiger partial charge in [-0.3, -0.25) is 4.79 Å². The minimum Gasteiger partial charge on any atom is -0.375 e. The molecular formula is C12H18N2OS. The van der Waals surface area contributed by atoms with E-state index in [1.807, 2.05) is 45.9 Å². The number of nitrogens with zero attached hydrogens (tertiary/aromatic N) is 1. The molecule has 0 aliphatic heterocycles. The Labute approximate surface area is 100 Å². The molecule has 4 heteroatoms. The quantitative estimate of drug-likeness (QED) is 0.861. The molecule has 88 valence electrons. The largest absolute Gasteiger partial charge is 0.375 e. The van der Waals surface area contributed by atoms with E-state index in [1.54, 1.807) is 6.08 Å². The van der Waals surface area contributed by atoms with Crippen LogP contribution in [0.15, 0.2) is 16.9 Å². The first-order chi connectivity index (χ1) is 7.69. The monoisotopic (exact) mass is 238 g/mol. The molecule has 0 saturated carbocycles. The van der Waals surface area contributed by atoms with Gasteiger partial charge in [0.25, 0.3) is 5.56 Å². The Morgan fingerprint density at radius 3 is 2.25 bits per heavy atom. The molecule has 0 amide bonds. The van der Waals surface area contributed by atoms with Gasteiger partial charge in [0.05, 0.1) is 5.56 Å². The Balaban J connectivity index is 0.00000106. The Morgan fingerprint density at radius 1 is 1.19 bits per heavy atom. The van der Waals surface area contributed by atoms with Gasteiger partial charge in [-0.25, -0.2) is 0 Å². The molecule has 0 aliphatic rings. The van der Waals surface area contributed by atoms with Crippen LogP contribution in [0, 0.1) is 0 Å². The molecule has 0 aliphatic carbocycles. The maximum absolute atomic E-state index is 11.5. The van der Waals surface area contributed by atoms with E-state index in [4.69, 9.17) is 5.73 Å². The Kier molecular flexibility index (Phi) is 7.12. The van der Waals surface area contributed by atoms with Crippen LogP contribution in [0.3, 0.4) is 0 Å². The molecule has 0 radical (unpaired) electrons. The number of rotatable bonds is 2. The topological polar surface area (TPSA) is 56.0 Å². The van der Waals surface area contributed by atoms with Crippen molar-refractivity contribution >= 4 is 28.6 Å². The Hall–Kier alpha value is -1.42. The fraction of sp³-hybridized carbons (Fsp3) is 0.333. The van der Waals surface area contributed by atoms with Crippen LogP contribution >= 0.6 is 11.3 Å². The summed E-state index contributed by atoms with van der Waals surface area (Å²) < 4.78 is 0. The lowest BCUT2D eigenvalue weighted by molar-refractivity contribution is 1.27. The molecule has 0 spiro atoms. The zero-order valence-corrected chi connectivity index (χ0v) is 11.0. The second kappa shape index (κ2) is 7.82. The van der Waals surface area contributed by atoms with Crippen LogP contribution in [0.1, 0.15) is 38.1 Å². The van der Waals surface area contributed by atoms with Gasteiger partial charge in [-0.15, -0.1) is 0 Å². The van der Waals surface area contributed by atoms with Crippen molar-refractivity contribution in [2.75, 3.05) is 5.73 Å². The molecule has 1 heterocycles. The Morgan fingerprint density at radius 2 is 1.75 bits per heavy atom. The summed E-state index contributed by atoms with van der Waals surface area (Å²) in [4.78, 5) is 16.0. The van der Waals surface area contributed by atoms with E-state index in [0.29, 0.717) is 10.7 Å². The first-order valence-corrected chi connectivity index (χ1v) is 6.06. The first-order valence-electron chi connectivity index (χ1n) is 5.25. The van der Waals surface area contributed by atoms with E-state index in [-0.39, 0.29) is 5.56 Å². The molecule has 0 unspecified atom stereocenters. The summed E-state index contributed by atoms with van der Waals surface area (Å²) in [5, 5.41) is 0.302. The summed E-state index contributed by atoms with van der Waals surface area (Å²) in [5.74, 6) is 0. The minimum atomic E-state index is -0.271. The standard InChI is InChI=1S/C10H12N2OS.C2H6/c1-3-5-7-8(6-4-2)14-10(11)12-9(7)13;1-2/h3-6H,1-2H3,(H2,11,12,13);1-2H3/b5-3-,6-4-;. The van der Waals surface area contributed by atoms with Crippen LogP contribution in [0.25, 0.3) is 12.2 Å². The van der Waals surface area contributed by atoms with E-state index in [9.17, 15) is 4.79 Å². The zero-order chi connectivity index (χ0) is 12.6. The number of nitrogen functional groups attached to an aromatic ring is 1. The smallest absolute Gasteiger partial charge is 0.281 e. The molecule has 3 nitrogen and oxygen atoms in total. The number of hydrogen-bond acceptors (Lipinski definition) is 4. The number of aromatic nitrogens is 1. The van der Waals surface area contributed by atoms with Crippen LogP contribution in [0.4, 0.5) is 5.13 Å². The highest BCUT2D eigenvalue weighted by Gasteiger charge is 2.04. The van der Waals surface area contributed by atoms with Gasteiger partial charge in [-0.05, 0) is 19.9 Å². The predicted molar refractivity (Wildman–Crippen MR) is 73.6 cm³/mol. The normalized spacial score (nSPS) is 10.5. The highest BCUT2D eigenvalue weighted by atomic mass is 32.1. The summed E-state index contributed by atoms with van der Waals surface area (Å²) in [6.45, 7) is 7.76. The van der Waals surface area contributed by atoms with Crippen molar-refractivity contribution in [2.24, 2.45) is 0 Å². The maximum Gasteiger partial charge on any atom is 0.281 e. The average Bonchev–Trinajstić information content (AvgIpc) is 2.26. The summed E-state index contributed by atoms with van der Waals surface area (Å²) in [5.41, 5.74) is 5.83. The fourth-order valence-electron chi connectivity index (χ4n) is 1.05. The highest BCUT2D eigenvalue weighted by molar-refractivity contribution is 7.16. The van der Waals surface area contributed by atoms with Crippen LogP contribution in [-0.2, 0) is 0 Å².